The maximum absolute atomic E-state index is 15.4. The Morgan fingerprint density at radius 1 is 0.849 bits per heavy atom. The van der Waals surface area contributed by atoms with Gasteiger partial charge in [0.15, 0.2) is 5.66 Å². The number of carbonyl (C=O) groups excluding carboxylic acids is 1. The molecule has 288 valence electrons. The first kappa shape index (κ1) is 39.9. The lowest BCUT2D eigenvalue weighted by molar-refractivity contribution is -0.141. The summed E-state index contributed by atoms with van der Waals surface area (Å²) in [5.74, 6) is 0.112. The van der Waals surface area contributed by atoms with Gasteiger partial charge in [-0.15, -0.1) is 0 Å². The SMILES string of the molecule is CCOc1cc(C)c(S(=O)(=O)N2CCCCC2)cc1C1(C(=O)N2CCN(CCNS(C)(=O)=O)CC2)N[C@H](c2ccc(Cl)cc2)[C@H](c2ccc(Cl)cc2)N1. The standard InChI is InChI=1S/C37H48Cl2N6O6S2/c1-4-51-32-24-26(2)33(53(49,50)45-17-6-5-7-18-45)25-31(32)37(36(46)44-22-20-43(21-23-44)19-16-40-52(3,47)48)41-34(27-8-12-29(38)13-9-27)35(42-37)28-10-14-30(39)15-11-28/h8-15,24-25,34-35,40-42H,4-7,16-23H2,1-3H3/t34-,35+,37?. The Labute approximate surface area is 323 Å². The van der Waals surface area contributed by atoms with E-state index in [1.54, 1.807) is 48.2 Å². The van der Waals surface area contributed by atoms with E-state index in [2.05, 4.69) is 20.3 Å². The quantitative estimate of drug-likeness (QED) is 0.243. The van der Waals surface area contributed by atoms with Gasteiger partial charge in [-0.25, -0.2) is 21.6 Å². The van der Waals surface area contributed by atoms with Crippen LogP contribution in [-0.4, -0.2) is 102 Å². The van der Waals surface area contributed by atoms with E-state index in [0.717, 1.165) is 36.6 Å². The van der Waals surface area contributed by atoms with Gasteiger partial charge < -0.3 is 9.64 Å². The van der Waals surface area contributed by atoms with Crippen molar-refractivity contribution in [3.05, 3.63) is 93.0 Å². The molecule has 3 atom stereocenters. The number of hydrogen-bond acceptors (Lipinski definition) is 9. The smallest absolute Gasteiger partial charge is 0.262 e. The molecular weight excluding hydrogens is 759 g/mol. The topological polar surface area (TPSA) is 140 Å². The van der Waals surface area contributed by atoms with Gasteiger partial charge in [-0.05, 0) is 79.8 Å². The highest BCUT2D eigenvalue weighted by Crippen LogP contribution is 2.46. The molecule has 16 heteroatoms. The van der Waals surface area contributed by atoms with Crippen LogP contribution in [0.25, 0.3) is 0 Å². The van der Waals surface area contributed by atoms with Gasteiger partial charge in [0.05, 0.1) is 29.8 Å². The molecule has 3 aromatic rings. The Kier molecular flexibility index (Phi) is 12.4. The summed E-state index contributed by atoms with van der Waals surface area (Å²) in [6.07, 6.45) is 3.68. The van der Waals surface area contributed by atoms with Crippen LogP contribution in [-0.2, 0) is 30.5 Å². The zero-order chi connectivity index (χ0) is 38.0. The summed E-state index contributed by atoms with van der Waals surface area (Å²) in [5, 5.41) is 8.53. The number of amides is 1. The second kappa shape index (κ2) is 16.5. The fourth-order valence-corrected chi connectivity index (χ4v) is 9.98. The van der Waals surface area contributed by atoms with Gasteiger partial charge in [-0.1, -0.05) is 53.9 Å². The Morgan fingerprint density at radius 2 is 1.40 bits per heavy atom. The molecule has 3 fully saturated rings. The molecular formula is C37H48Cl2N6O6S2. The molecule has 12 nitrogen and oxygen atoms in total. The number of aryl methyl sites for hydroxylation is 1. The number of rotatable bonds is 12. The van der Waals surface area contributed by atoms with Crippen LogP contribution in [0.15, 0.2) is 65.6 Å². The van der Waals surface area contributed by atoms with Gasteiger partial charge in [0.2, 0.25) is 20.0 Å². The summed E-state index contributed by atoms with van der Waals surface area (Å²) >= 11 is 12.7. The molecule has 0 saturated carbocycles. The van der Waals surface area contributed by atoms with Crippen molar-refractivity contribution in [2.45, 2.75) is 55.8 Å². The highest BCUT2D eigenvalue weighted by molar-refractivity contribution is 7.89. The van der Waals surface area contributed by atoms with Gasteiger partial charge in [-0.3, -0.25) is 20.3 Å². The Balaban J connectivity index is 1.47. The van der Waals surface area contributed by atoms with Crippen molar-refractivity contribution < 1.29 is 26.4 Å². The predicted octanol–water partition coefficient (Wildman–Crippen LogP) is 4.40. The lowest BCUT2D eigenvalue weighted by atomic mass is 9.95. The van der Waals surface area contributed by atoms with Crippen LogP contribution in [0.2, 0.25) is 10.0 Å². The normalized spacial score (nSPS) is 23.3. The summed E-state index contributed by atoms with van der Waals surface area (Å²) in [4.78, 5) is 19.4. The maximum Gasteiger partial charge on any atom is 0.262 e. The fraction of sp³-hybridized carbons (Fsp3) is 0.486. The molecule has 0 spiro atoms. The number of ether oxygens (including phenoxy) is 1. The van der Waals surface area contributed by atoms with Crippen LogP contribution in [0.4, 0.5) is 0 Å². The van der Waals surface area contributed by atoms with Crippen LogP contribution in [0.3, 0.4) is 0 Å². The second-order valence-electron chi connectivity index (χ2n) is 13.9. The number of sulfonamides is 2. The van der Waals surface area contributed by atoms with Gasteiger partial charge in [0.1, 0.15) is 5.75 Å². The minimum Gasteiger partial charge on any atom is -0.493 e. The summed E-state index contributed by atoms with van der Waals surface area (Å²) in [6.45, 7) is 7.33. The number of piperidine rings is 1. The van der Waals surface area contributed by atoms with Crippen LogP contribution in [0.5, 0.6) is 5.75 Å². The highest BCUT2D eigenvalue weighted by Gasteiger charge is 2.55. The number of hydrogen-bond donors (Lipinski definition) is 3. The molecule has 6 rings (SSSR count). The molecule has 1 amide bonds. The Hall–Kier alpha value is -2.79. The van der Waals surface area contributed by atoms with Crippen molar-refractivity contribution in [1.82, 2.24) is 29.5 Å². The summed E-state index contributed by atoms with van der Waals surface area (Å²) < 4.78 is 62.2. The van der Waals surface area contributed by atoms with E-state index >= 15 is 4.79 Å². The maximum atomic E-state index is 15.4. The Morgan fingerprint density at radius 3 is 1.91 bits per heavy atom. The van der Waals surface area contributed by atoms with Gasteiger partial charge in [-0.2, -0.15) is 4.31 Å². The second-order valence-corrected chi connectivity index (χ2v) is 18.5. The molecule has 3 aliphatic rings. The van der Waals surface area contributed by atoms with E-state index < -0.39 is 37.8 Å². The molecule has 3 aromatic carbocycles. The summed E-state index contributed by atoms with van der Waals surface area (Å²) in [6, 6.07) is 17.3. The van der Waals surface area contributed by atoms with Gasteiger partial charge >= 0.3 is 0 Å². The average Bonchev–Trinajstić information content (AvgIpc) is 3.54. The van der Waals surface area contributed by atoms with Crippen LogP contribution >= 0.6 is 23.2 Å². The lowest BCUT2D eigenvalue weighted by Gasteiger charge is -2.41. The zero-order valence-corrected chi connectivity index (χ0v) is 33.4. The van der Waals surface area contributed by atoms with E-state index in [1.807, 2.05) is 31.2 Å². The van der Waals surface area contributed by atoms with E-state index in [-0.39, 0.29) is 24.0 Å². The molecule has 3 N–H and O–H groups in total. The third-order valence-corrected chi connectivity index (χ3v) is 13.5. The summed E-state index contributed by atoms with van der Waals surface area (Å²) in [7, 11) is -7.23. The molecule has 0 aliphatic carbocycles. The van der Waals surface area contributed by atoms with Crippen molar-refractivity contribution in [2.75, 3.05) is 65.2 Å². The molecule has 3 heterocycles. The number of nitrogens with one attached hydrogen (secondary N) is 3. The lowest BCUT2D eigenvalue weighted by Crippen LogP contribution is -2.62. The zero-order valence-electron chi connectivity index (χ0n) is 30.3. The summed E-state index contributed by atoms with van der Waals surface area (Å²) in [5.41, 5.74) is 1.000. The largest absolute Gasteiger partial charge is 0.493 e. The predicted molar refractivity (Wildman–Crippen MR) is 207 cm³/mol. The Bertz CT molecular complexity index is 1930. The van der Waals surface area contributed by atoms with Crippen molar-refractivity contribution in [3.63, 3.8) is 0 Å². The van der Waals surface area contributed by atoms with Gasteiger partial charge in [0.25, 0.3) is 5.91 Å². The number of carbonyl (C=O) groups is 1. The number of benzene rings is 3. The molecule has 0 aromatic heterocycles. The molecule has 0 radical (unpaired) electrons. The van der Waals surface area contributed by atoms with Crippen molar-refractivity contribution in [3.8, 4) is 5.75 Å². The molecule has 0 bridgehead atoms. The molecule has 1 unspecified atom stereocenters. The minimum atomic E-state index is -3.91. The van der Waals surface area contributed by atoms with Gasteiger partial charge in [0, 0.05) is 68.0 Å². The highest BCUT2D eigenvalue weighted by atomic mass is 35.5. The molecule has 3 saturated heterocycles. The molecule has 53 heavy (non-hydrogen) atoms. The third kappa shape index (κ3) is 8.87. The van der Waals surface area contributed by atoms with E-state index in [4.69, 9.17) is 27.9 Å². The first-order valence-corrected chi connectivity index (χ1v) is 22.1. The number of halogens is 2. The molecule has 3 aliphatic heterocycles. The number of piperazine rings is 1. The van der Waals surface area contributed by atoms with Crippen molar-refractivity contribution in [2.24, 2.45) is 0 Å². The number of nitrogens with zero attached hydrogens (tertiary/aromatic N) is 3. The van der Waals surface area contributed by atoms with E-state index in [9.17, 15) is 16.8 Å². The third-order valence-electron chi connectivity index (χ3n) is 10.2. The minimum absolute atomic E-state index is 0.134. The van der Waals surface area contributed by atoms with Crippen molar-refractivity contribution in [1.29, 1.82) is 0 Å². The monoisotopic (exact) mass is 806 g/mol. The van der Waals surface area contributed by atoms with E-state index in [1.165, 1.54) is 4.31 Å². The van der Waals surface area contributed by atoms with Crippen LogP contribution < -0.4 is 20.1 Å². The van der Waals surface area contributed by atoms with Crippen molar-refractivity contribution >= 4 is 49.2 Å². The fourth-order valence-electron chi connectivity index (χ4n) is 7.51. The van der Waals surface area contributed by atoms with Crippen LogP contribution in [0, 0.1) is 6.92 Å². The first-order chi connectivity index (χ1) is 25.2. The van der Waals surface area contributed by atoms with E-state index in [0.29, 0.717) is 72.7 Å². The average molecular weight is 808 g/mol. The van der Waals surface area contributed by atoms with Crippen LogP contribution in [0.1, 0.15) is 60.5 Å². The first-order valence-electron chi connectivity index (χ1n) is 18.0.